The molecule has 320 valence electrons. The van der Waals surface area contributed by atoms with E-state index in [4.69, 9.17) is 4.74 Å². The van der Waals surface area contributed by atoms with E-state index in [0.717, 1.165) is 54.8 Å². The van der Waals surface area contributed by atoms with Crippen molar-refractivity contribution in [2.45, 2.75) is 272 Å². The number of carbonyl (C=O) groups is 1. The van der Waals surface area contributed by atoms with E-state index in [2.05, 4.69) is 47.6 Å². The van der Waals surface area contributed by atoms with Crippen LogP contribution in [-0.2, 0) is 9.53 Å². The number of rotatable bonds is 30. The molecule has 8 atom stereocenters. The number of carbonyl (C=O) groups excluding carboxylic acids is 1. The number of allylic oxidation sites excluding steroid dienone is 1. The molecular formula is C53H96O2. The van der Waals surface area contributed by atoms with Crippen LogP contribution in [0.3, 0.4) is 0 Å². The molecule has 2 nitrogen and oxygen atoms in total. The lowest BCUT2D eigenvalue weighted by Gasteiger charge is -2.58. The zero-order valence-corrected chi connectivity index (χ0v) is 38.2. The SMILES string of the molecule is CCCCCCCCCCCCCCCCCCCCCCCCCC(=O)OC1CCC2(C)C(=CCC3C2CCC2(C)C(C(C)CCCC(C)C)CCC32)C1. The van der Waals surface area contributed by atoms with Crippen molar-refractivity contribution < 1.29 is 9.53 Å². The van der Waals surface area contributed by atoms with Crippen LogP contribution >= 0.6 is 0 Å². The number of fused-ring (bicyclic) bond motifs is 5. The van der Waals surface area contributed by atoms with E-state index in [1.165, 1.54) is 199 Å². The molecule has 3 fully saturated rings. The lowest BCUT2D eigenvalue weighted by atomic mass is 9.47. The summed E-state index contributed by atoms with van der Waals surface area (Å²) in [7, 11) is 0. The first kappa shape index (κ1) is 46.9. The second-order valence-corrected chi connectivity index (χ2v) is 21.2. The van der Waals surface area contributed by atoms with E-state index in [1.54, 1.807) is 5.57 Å². The Labute approximate surface area is 344 Å². The highest BCUT2D eigenvalue weighted by atomic mass is 16.5. The van der Waals surface area contributed by atoms with E-state index in [-0.39, 0.29) is 12.1 Å². The van der Waals surface area contributed by atoms with Crippen LogP contribution in [0.2, 0.25) is 0 Å². The third-order valence-electron chi connectivity index (χ3n) is 16.5. The first-order valence-electron chi connectivity index (χ1n) is 25.6. The predicted molar refractivity (Wildman–Crippen MR) is 239 cm³/mol. The molecule has 0 aromatic heterocycles. The molecule has 0 aromatic carbocycles. The quantitative estimate of drug-likeness (QED) is 0.0414. The Balaban J connectivity index is 0.978. The molecule has 0 aliphatic heterocycles. The molecule has 4 aliphatic rings. The second kappa shape index (κ2) is 25.6. The van der Waals surface area contributed by atoms with Crippen LogP contribution in [0.5, 0.6) is 0 Å². The Kier molecular flexibility index (Phi) is 21.9. The van der Waals surface area contributed by atoms with Gasteiger partial charge in [0, 0.05) is 12.8 Å². The molecule has 4 rings (SSSR count). The van der Waals surface area contributed by atoms with Gasteiger partial charge >= 0.3 is 5.97 Å². The fraction of sp³-hybridized carbons (Fsp3) is 0.943. The zero-order valence-electron chi connectivity index (χ0n) is 38.2. The summed E-state index contributed by atoms with van der Waals surface area (Å²) in [6.07, 6.45) is 50.2. The Morgan fingerprint density at radius 3 is 1.69 bits per heavy atom. The molecule has 4 aliphatic carbocycles. The smallest absolute Gasteiger partial charge is 0.306 e. The summed E-state index contributed by atoms with van der Waals surface area (Å²) in [6.45, 7) is 15.0. The number of unbranched alkanes of at least 4 members (excludes halogenated alkanes) is 22. The van der Waals surface area contributed by atoms with Crippen LogP contribution in [0, 0.1) is 46.3 Å². The summed E-state index contributed by atoms with van der Waals surface area (Å²) >= 11 is 0. The Bertz CT molecular complexity index is 1060. The van der Waals surface area contributed by atoms with Crippen molar-refractivity contribution in [3.8, 4) is 0 Å². The first-order chi connectivity index (χ1) is 26.7. The summed E-state index contributed by atoms with van der Waals surface area (Å²) in [6, 6.07) is 0. The van der Waals surface area contributed by atoms with Crippen molar-refractivity contribution in [3.05, 3.63) is 11.6 Å². The van der Waals surface area contributed by atoms with E-state index < -0.39 is 0 Å². The summed E-state index contributed by atoms with van der Waals surface area (Å²) in [5.74, 6) is 5.34. The van der Waals surface area contributed by atoms with Gasteiger partial charge in [0.25, 0.3) is 0 Å². The fourth-order valence-corrected chi connectivity index (χ4v) is 13.1. The van der Waals surface area contributed by atoms with E-state index in [0.29, 0.717) is 17.3 Å². The average Bonchev–Trinajstić information content (AvgIpc) is 3.52. The van der Waals surface area contributed by atoms with Gasteiger partial charge in [0.2, 0.25) is 0 Å². The highest BCUT2D eigenvalue weighted by Gasteiger charge is 2.59. The molecule has 2 heteroatoms. The lowest BCUT2D eigenvalue weighted by Crippen LogP contribution is -2.51. The highest BCUT2D eigenvalue weighted by Crippen LogP contribution is 2.67. The van der Waals surface area contributed by atoms with Gasteiger partial charge in [0.15, 0.2) is 0 Å². The molecule has 0 heterocycles. The Morgan fingerprint density at radius 2 is 1.16 bits per heavy atom. The summed E-state index contributed by atoms with van der Waals surface area (Å²) in [5, 5.41) is 0. The fourth-order valence-electron chi connectivity index (χ4n) is 13.1. The van der Waals surface area contributed by atoms with Crippen molar-refractivity contribution in [2.75, 3.05) is 0 Å². The summed E-state index contributed by atoms with van der Waals surface area (Å²) in [4.78, 5) is 12.9. The monoisotopic (exact) mass is 765 g/mol. The molecule has 55 heavy (non-hydrogen) atoms. The van der Waals surface area contributed by atoms with Gasteiger partial charge in [-0.05, 0) is 97.7 Å². The van der Waals surface area contributed by atoms with Gasteiger partial charge in [0.05, 0.1) is 0 Å². The maximum absolute atomic E-state index is 12.9. The second-order valence-electron chi connectivity index (χ2n) is 21.2. The minimum atomic E-state index is 0.0688. The van der Waals surface area contributed by atoms with Crippen molar-refractivity contribution in [3.63, 3.8) is 0 Å². The van der Waals surface area contributed by atoms with Crippen LogP contribution < -0.4 is 0 Å². The van der Waals surface area contributed by atoms with Gasteiger partial charge < -0.3 is 4.74 Å². The van der Waals surface area contributed by atoms with Crippen molar-refractivity contribution >= 4 is 5.97 Å². The van der Waals surface area contributed by atoms with Crippen molar-refractivity contribution in [1.82, 2.24) is 0 Å². The van der Waals surface area contributed by atoms with Crippen LogP contribution in [-0.4, -0.2) is 12.1 Å². The number of esters is 1. The summed E-state index contributed by atoms with van der Waals surface area (Å²) < 4.78 is 6.16. The topological polar surface area (TPSA) is 26.3 Å². The predicted octanol–water partition coefficient (Wildman–Crippen LogP) is 17.3. The zero-order chi connectivity index (χ0) is 39.4. The van der Waals surface area contributed by atoms with Gasteiger partial charge in [-0.3, -0.25) is 4.79 Å². The molecule has 0 aromatic rings. The van der Waals surface area contributed by atoms with Crippen molar-refractivity contribution in [1.29, 1.82) is 0 Å². The number of hydrogen-bond acceptors (Lipinski definition) is 2. The standard InChI is InChI=1S/C53H96O2/c1-7-8-9-10-11-12-13-14-15-16-17-18-19-20-21-22-23-24-25-26-27-28-29-33-51(54)55-46-38-40-52(5)45(42-46)34-35-47-49-37-36-48(44(4)32-30-31-43(2)3)53(49,6)41-39-50(47)52/h34,43-44,46-50H,7-33,35-42H2,1-6H3. The van der Waals surface area contributed by atoms with Crippen LogP contribution in [0.25, 0.3) is 0 Å². The first-order valence-corrected chi connectivity index (χ1v) is 25.6. The molecule has 0 spiro atoms. The number of ether oxygens (including phenoxy) is 1. The molecule has 0 radical (unpaired) electrons. The van der Waals surface area contributed by atoms with E-state index in [9.17, 15) is 4.79 Å². The molecule has 0 bridgehead atoms. The average molecular weight is 765 g/mol. The van der Waals surface area contributed by atoms with Crippen LogP contribution in [0.15, 0.2) is 11.6 Å². The minimum Gasteiger partial charge on any atom is -0.462 e. The third-order valence-corrected chi connectivity index (χ3v) is 16.5. The molecule has 0 amide bonds. The van der Waals surface area contributed by atoms with Gasteiger partial charge in [-0.1, -0.05) is 214 Å². The van der Waals surface area contributed by atoms with Gasteiger partial charge in [-0.2, -0.15) is 0 Å². The van der Waals surface area contributed by atoms with E-state index in [1.807, 2.05) is 0 Å². The van der Waals surface area contributed by atoms with Crippen LogP contribution in [0.1, 0.15) is 266 Å². The maximum Gasteiger partial charge on any atom is 0.306 e. The Hall–Kier alpha value is -0.790. The maximum atomic E-state index is 12.9. The lowest BCUT2D eigenvalue weighted by molar-refractivity contribution is -0.151. The molecule has 0 saturated heterocycles. The Morgan fingerprint density at radius 1 is 0.636 bits per heavy atom. The molecule has 3 saturated carbocycles. The van der Waals surface area contributed by atoms with Crippen molar-refractivity contribution in [2.24, 2.45) is 46.3 Å². The van der Waals surface area contributed by atoms with Gasteiger partial charge in [-0.25, -0.2) is 0 Å². The van der Waals surface area contributed by atoms with Gasteiger partial charge in [0.1, 0.15) is 6.10 Å². The number of hydrogen-bond donors (Lipinski definition) is 0. The summed E-state index contributed by atoms with van der Waals surface area (Å²) in [5.41, 5.74) is 2.54. The van der Waals surface area contributed by atoms with Gasteiger partial charge in [-0.15, -0.1) is 0 Å². The van der Waals surface area contributed by atoms with Crippen LogP contribution in [0.4, 0.5) is 0 Å². The molecule has 8 unspecified atom stereocenters. The molecule has 0 N–H and O–H groups in total. The molecular weight excluding hydrogens is 669 g/mol. The van der Waals surface area contributed by atoms with E-state index >= 15 is 0 Å². The highest BCUT2D eigenvalue weighted by molar-refractivity contribution is 5.69. The third kappa shape index (κ3) is 15.1. The minimum absolute atomic E-state index is 0.0688. The largest absolute Gasteiger partial charge is 0.462 e. The normalized spacial score (nSPS) is 29.4.